The zero-order valence-corrected chi connectivity index (χ0v) is 24.3. The molecule has 1 aromatic heterocycles. The summed E-state index contributed by atoms with van der Waals surface area (Å²) in [7, 11) is 0. The summed E-state index contributed by atoms with van der Waals surface area (Å²) in [5, 5.41) is 31.6. The molecule has 0 bridgehead atoms. The molecular weight excluding hydrogens is 482 g/mol. The highest BCUT2D eigenvalue weighted by molar-refractivity contribution is 5.39. The van der Waals surface area contributed by atoms with E-state index in [1.807, 2.05) is 6.20 Å². The molecular formula is C35H49NO3. The molecule has 4 saturated carbocycles. The highest BCUT2D eigenvalue weighted by Crippen LogP contribution is 2.59. The molecule has 4 fully saturated rings. The molecule has 0 aromatic carbocycles. The lowest BCUT2D eigenvalue weighted by Gasteiger charge is -2.44. The van der Waals surface area contributed by atoms with E-state index in [1.165, 1.54) is 36.8 Å². The summed E-state index contributed by atoms with van der Waals surface area (Å²) >= 11 is 0. The van der Waals surface area contributed by atoms with Crippen LogP contribution in [0.2, 0.25) is 0 Å². The number of hydrogen-bond acceptors (Lipinski definition) is 4. The van der Waals surface area contributed by atoms with Crippen molar-refractivity contribution in [3.8, 4) is 0 Å². The molecule has 7 atom stereocenters. The average Bonchev–Trinajstić information content (AvgIpc) is 3.65. The number of pyridine rings is 1. The maximum atomic E-state index is 11.3. The summed E-state index contributed by atoms with van der Waals surface area (Å²) in [5.74, 6) is 1.57. The van der Waals surface area contributed by atoms with Crippen molar-refractivity contribution in [1.82, 2.24) is 4.98 Å². The van der Waals surface area contributed by atoms with Crippen LogP contribution in [0, 0.1) is 23.2 Å². The van der Waals surface area contributed by atoms with Gasteiger partial charge in [0.15, 0.2) is 0 Å². The smallest absolute Gasteiger partial charge is 0.0832 e. The first kappa shape index (κ1) is 28.5. The Morgan fingerprint density at radius 1 is 1.13 bits per heavy atom. The van der Waals surface area contributed by atoms with Gasteiger partial charge in [0.05, 0.1) is 18.3 Å². The molecule has 5 rings (SSSR count). The van der Waals surface area contributed by atoms with Crippen molar-refractivity contribution < 1.29 is 15.3 Å². The predicted octanol–water partition coefficient (Wildman–Crippen LogP) is 6.76. The van der Waals surface area contributed by atoms with Crippen molar-refractivity contribution in [2.45, 2.75) is 115 Å². The molecule has 4 nitrogen and oxygen atoms in total. The fourth-order valence-corrected chi connectivity index (χ4v) is 8.20. The lowest BCUT2D eigenvalue weighted by Crippen LogP contribution is -2.35. The van der Waals surface area contributed by atoms with Crippen molar-refractivity contribution in [2.24, 2.45) is 23.2 Å². The Bertz CT molecular complexity index is 1130. The van der Waals surface area contributed by atoms with E-state index in [0.29, 0.717) is 30.6 Å². The maximum Gasteiger partial charge on any atom is 0.0832 e. The number of aryl methyl sites for hydroxylation is 1. The Morgan fingerprint density at radius 3 is 2.62 bits per heavy atom. The van der Waals surface area contributed by atoms with E-state index in [-0.39, 0.29) is 10.8 Å². The fourth-order valence-electron chi connectivity index (χ4n) is 8.20. The number of fused-ring (bicyclic) bond motifs is 1. The van der Waals surface area contributed by atoms with Gasteiger partial charge in [-0.25, -0.2) is 0 Å². The Hall–Kier alpha value is -2.01. The highest BCUT2D eigenvalue weighted by atomic mass is 16.3. The van der Waals surface area contributed by atoms with Crippen molar-refractivity contribution in [3.63, 3.8) is 0 Å². The van der Waals surface area contributed by atoms with Gasteiger partial charge in [0.2, 0.25) is 0 Å². The third-order valence-corrected chi connectivity index (χ3v) is 10.8. The number of aromatic nitrogens is 1. The van der Waals surface area contributed by atoms with Crippen molar-refractivity contribution in [1.29, 1.82) is 0 Å². The minimum atomic E-state index is -0.639. The lowest BCUT2D eigenvalue weighted by molar-refractivity contribution is 0.0862. The SMILES string of the molecule is C=C1C(=CC=C2CCC[C@]3(C)[C@@H]([C@H](C)C=C[C@H](O)C4(c5ccc(CCC)cn5)CC4)CC[C@@H]23)C[C@@H](O)C[C@@H]1O. The van der Waals surface area contributed by atoms with Crippen LogP contribution in [-0.2, 0) is 11.8 Å². The number of nitrogens with zero attached hydrogens (tertiary/aromatic N) is 1. The largest absolute Gasteiger partial charge is 0.393 e. The van der Waals surface area contributed by atoms with Crippen molar-refractivity contribution >= 4 is 0 Å². The van der Waals surface area contributed by atoms with Crippen molar-refractivity contribution in [2.75, 3.05) is 0 Å². The molecule has 0 radical (unpaired) electrons. The van der Waals surface area contributed by atoms with E-state index in [1.54, 1.807) is 0 Å². The van der Waals surface area contributed by atoms with Crippen LogP contribution in [0.3, 0.4) is 0 Å². The van der Waals surface area contributed by atoms with E-state index in [2.05, 4.69) is 63.8 Å². The van der Waals surface area contributed by atoms with Gasteiger partial charge in [-0.15, -0.1) is 0 Å². The van der Waals surface area contributed by atoms with Gasteiger partial charge in [-0.2, -0.15) is 0 Å². The van der Waals surface area contributed by atoms with Gasteiger partial charge >= 0.3 is 0 Å². The predicted molar refractivity (Wildman–Crippen MR) is 158 cm³/mol. The van der Waals surface area contributed by atoms with Gasteiger partial charge in [-0.05, 0) is 104 Å². The summed E-state index contributed by atoms with van der Waals surface area (Å²) in [6.07, 6.45) is 20.3. The molecule has 0 spiro atoms. The molecule has 0 amide bonds. The van der Waals surface area contributed by atoms with Crippen LogP contribution in [-0.4, -0.2) is 38.6 Å². The van der Waals surface area contributed by atoms with Gasteiger partial charge < -0.3 is 15.3 Å². The molecule has 212 valence electrons. The second-order valence-electron chi connectivity index (χ2n) is 13.3. The lowest BCUT2D eigenvalue weighted by atomic mass is 9.61. The normalized spacial score (nSPS) is 35.9. The summed E-state index contributed by atoms with van der Waals surface area (Å²) in [5.41, 5.74) is 5.64. The third-order valence-electron chi connectivity index (χ3n) is 10.8. The van der Waals surface area contributed by atoms with E-state index < -0.39 is 18.3 Å². The number of aliphatic hydroxyl groups is 3. The van der Waals surface area contributed by atoms with Crippen LogP contribution in [0.15, 0.2) is 65.9 Å². The molecule has 1 aromatic rings. The molecule has 0 aliphatic heterocycles. The molecule has 4 aliphatic carbocycles. The topological polar surface area (TPSA) is 73.6 Å². The van der Waals surface area contributed by atoms with Gasteiger partial charge in [0.25, 0.3) is 0 Å². The number of hydrogen-bond donors (Lipinski definition) is 3. The quantitative estimate of drug-likeness (QED) is 0.324. The van der Waals surface area contributed by atoms with Crippen LogP contribution in [0.5, 0.6) is 0 Å². The zero-order chi connectivity index (χ0) is 27.8. The molecule has 4 aliphatic rings. The summed E-state index contributed by atoms with van der Waals surface area (Å²) in [4.78, 5) is 4.76. The molecule has 0 unspecified atom stereocenters. The second kappa shape index (κ2) is 11.5. The minimum Gasteiger partial charge on any atom is -0.393 e. The fraction of sp³-hybridized carbons (Fsp3) is 0.629. The first-order valence-electron chi connectivity index (χ1n) is 15.4. The van der Waals surface area contributed by atoms with E-state index in [4.69, 9.17) is 4.98 Å². The Morgan fingerprint density at radius 2 is 1.92 bits per heavy atom. The minimum absolute atomic E-state index is 0.207. The van der Waals surface area contributed by atoms with Crippen LogP contribution in [0.4, 0.5) is 0 Å². The Labute approximate surface area is 235 Å². The average molecular weight is 532 g/mol. The van der Waals surface area contributed by atoms with Crippen LogP contribution >= 0.6 is 0 Å². The zero-order valence-electron chi connectivity index (χ0n) is 24.3. The number of allylic oxidation sites excluding steroid dienone is 4. The van der Waals surface area contributed by atoms with E-state index in [9.17, 15) is 15.3 Å². The monoisotopic (exact) mass is 531 g/mol. The third kappa shape index (κ3) is 5.62. The second-order valence-corrected chi connectivity index (χ2v) is 13.3. The highest BCUT2D eigenvalue weighted by Gasteiger charge is 2.52. The van der Waals surface area contributed by atoms with Gasteiger partial charge in [0, 0.05) is 23.7 Å². The van der Waals surface area contributed by atoms with Crippen LogP contribution in [0.1, 0.15) is 96.2 Å². The molecule has 4 heteroatoms. The van der Waals surface area contributed by atoms with Crippen molar-refractivity contribution in [3.05, 3.63) is 77.2 Å². The van der Waals surface area contributed by atoms with Crippen LogP contribution < -0.4 is 0 Å². The Balaban J connectivity index is 1.27. The van der Waals surface area contributed by atoms with Gasteiger partial charge in [-0.1, -0.05) is 69.7 Å². The maximum absolute atomic E-state index is 11.3. The van der Waals surface area contributed by atoms with E-state index in [0.717, 1.165) is 48.9 Å². The van der Waals surface area contributed by atoms with Gasteiger partial charge in [0.1, 0.15) is 0 Å². The molecule has 0 saturated heterocycles. The first-order valence-corrected chi connectivity index (χ1v) is 15.4. The number of aliphatic hydroxyl groups excluding tert-OH is 3. The summed E-state index contributed by atoms with van der Waals surface area (Å²) < 4.78 is 0. The summed E-state index contributed by atoms with van der Waals surface area (Å²) in [6, 6.07) is 4.32. The van der Waals surface area contributed by atoms with Crippen LogP contribution in [0.25, 0.3) is 0 Å². The summed E-state index contributed by atoms with van der Waals surface area (Å²) in [6.45, 7) is 11.1. The molecule has 3 N–H and O–H groups in total. The molecule has 39 heavy (non-hydrogen) atoms. The van der Waals surface area contributed by atoms with E-state index >= 15 is 0 Å². The Kier molecular flexibility index (Phi) is 8.38. The first-order chi connectivity index (χ1) is 18.7. The standard InChI is InChI=1S/C35H49NO3/c1-5-7-25-10-15-32(36-22-25)35(18-19-35)33(39)16-9-23(2)29-13-14-30-26(8-6-17-34(29,30)4)11-12-27-20-28(37)21-31(38)24(27)3/h9-12,15-16,22-23,28-31,33,37-39H,3,5-8,13-14,17-21H2,1-2,4H3/t23-,28-,29-,30+,31+,33+,34-/m1/s1. The van der Waals surface area contributed by atoms with Gasteiger partial charge in [-0.3, -0.25) is 4.98 Å². The number of rotatable bonds is 8. The molecule has 1 heterocycles.